The van der Waals surface area contributed by atoms with Crippen molar-refractivity contribution in [3.63, 3.8) is 0 Å². The van der Waals surface area contributed by atoms with Crippen LogP contribution in [0.4, 0.5) is 0 Å². The molecule has 0 radical (unpaired) electrons. The molecule has 112 valence electrons. The van der Waals surface area contributed by atoms with E-state index in [9.17, 15) is 9.90 Å². The summed E-state index contributed by atoms with van der Waals surface area (Å²) in [5.74, 6) is -0.0197. The van der Waals surface area contributed by atoms with Crippen molar-refractivity contribution in [2.24, 2.45) is 0 Å². The van der Waals surface area contributed by atoms with Gasteiger partial charge in [-0.15, -0.1) is 0 Å². The molecule has 0 bridgehead atoms. The number of thioether (sulfide) groups is 1. The van der Waals surface area contributed by atoms with E-state index in [1.165, 1.54) is 0 Å². The summed E-state index contributed by atoms with van der Waals surface area (Å²) in [7, 11) is 0. The zero-order valence-corrected chi connectivity index (χ0v) is 12.8. The van der Waals surface area contributed by atoms with E-state index >= 15 is 0 Å². The topological polar surface area (TPSA) is 69.6 Å². The van der Waals surface area contributed by atoms with Gasteiger partial charge in [0, 0.05) is 0 Å². The largest absolute Gasteiger partial charge is 0.480 e. The van der Waals surface area contributed by atoms with E-state index in [1.54, 1.807) is 11.8 Å². The molecule has 4 nitrogen and oxygen atoms in total. The van der Waals surface area contributed by atoms with E-state index in [2.05, 4.69) is 5.32 Å². The summed E-state index contributed by atoms with van der Waals surface area (Å²) in [4.78, 5) is 11.1. The van der Waals surface area contributed by atoms with Gasteiger partial charge < -0.3 is 15.5 Å². The Hall–Kier alpha value is -1.04. The highest BCUT2D eigenvalue weighted by molar-refractivity contribution is 7.98. The molecule has 0 heterocycles. The fourth-order valence-corrected chi connectivity index (χ4v) is 2.37. The van der Waals surface area contributed by atoms with Crippen molar-refractivity contribution in [2.75, 3.05) is 18.6 Å². The lowest BCUT2D eigenvalue weighted by atomic mass is 10.0. The van der Waals surface area contributed by atoms with E-state index in [1.807, 2.05) is 37.4 Å². The highest BCUT2D eigenvalue weighted by Gasteiger charge is 2.16. The SMILES string of the molecule is CSCC[C@H](NCC[C@@H](O)c1ccc(C)cc1)C(=O)O. The average molecular weight is 297 g/mol. The second-order valence-electron chi connectivity index (χ2n) is 4.84. The fourth-order valence-electron chi connectivity index (χ4n) is 1.90. The van der Waals surface area contributed by atoms with E-state index in [-0.39, 0.29) is 0 Å². The quantitative estimate of drug-likeness (QED) is 0.652. The molecule has 3 N–H and O–H groups in total. The van der Waals surface area contributed by atoms with E-state index in [0.717, 1.165) is 16.9 Å². The highest BCUT2D eigenvalue weighted by Crippen LogP contribution is 2.16. The Kier molecular flexibility index (Phi) is 7.65. The summed E-state index contributed by atoms with van der Waals surface area (Å²) in [5, 5.41) is 22.1. The molecule has 0 aliphatic rings. The number of nitrogens with one attached hydrogen (secondary N) is 1. The van der Waals surface area contributed by atoms with Crippen LogP contribution in [-0.2, 0) is 4.79 Å². The van der Waals surface area contributed by atoms with Crippen LogP contribution in [0.5, 0.6) is 0 Å². The molecule has 1 aromatic carbocycles. The molecule has 0 aromatic heterocycles. The zero-order valence-electron chi connectivity index (χ0n) is 12.0. The minimum Gasteiger partial charge on any atom is -0.480 e. The van der Waals surface area contributed by atoms with Crippen molar-refractivity contribution >= 4 is 17.7 Å². The predicted molar refractivity (Wildman–Crippen MR) is 83.2 cm³/mol. The summed E-state index contributed by atoms with van der Waals surface area (Å²) in [6.45, 7) is 2.49. The number of hydrogen-bond donors (Lipinski definition) is 3. The summed E-state index contributed by atoms with van der Waals surface area (Å²) < 4.78 is 0. The number of carboxylic acids is 1. The molecule has 0 saturated heterocycles. The van der Waals surface area contributed by atoms with Crippen LogP contribution < -0.4 is 5.32 Å². The van der Waals surface area contributed by atoms with Gasteiger partial charge in [-0.05, 0) is 43.9 Å². The zero-order chi connectivity index (χ0) is 15.0. The Morgan fingerprint density at radius 3 is 2.50 bits per heavy atom. The molecule has 2 atom stereocenters. The van der Waals surface area contributed by atoms with Gasteiger partial charge in [-0.1, -0.05) is 29.8 Å². The second kappa shape index (κ2) is 9.00. The van der Waals surface area contributed by atoms with Crippen LogP contribution in [0.25, 0.3) is 0 Å². The summed E-state index contributed by atoms with van der Waals surface area (Å²) in [5.41, 5.74) is 2.02. The first-order valence-electron chi connectivity index (χ1n) is 6.74. The fraction of sp³-hybridized carbons (Fsp3) is 0.533. The number of aliphatic hydroxyl groups is 1. The third-order valence-electron chi connectivity index (χ3n) is 3.18. The van der Waals surface area contributed by atoms with Crippen molar-refractivity contribution in [1.29, 1.82) is 0 Å². The van der Waals surface area contributed by atoms with Gasteiger partial charge in [0.2, 0.25) is 0 Å². The summed E-state index contributed by atoms with van der Waals surface area (Å²) in [6, 6.07) is 7.20. The van der Waals surface area contributed by atoms with Crippen molar-refractivity contribution in [3.8, 4) is 0 Å². The normalized spacial score (nSPS) is 13.9. The van der Waals surface area contributed by atoms with Crippen LogP contribution in [0, 0.1) is 6.92 Å². The number of carbonyl (C=O) groups is 1. The maximum absolute atomic E-state index is 11.1. The lowest BCUT2D eigenvalue weighted by Crippen LogP contribution is -2.38. The minimum atomic E-state index is -0.830. The number of aliphatic carboxylic acids is 1. The molecule has 1 rings (SSSR count). The van der Waals surface area contributed by atoms with Gasteiger partial charge in [-0.25, -0.2) is 0 Å². The standard InChI is InChI=1S/C15H23NO3S/c1-11-3-5-12(6-4-11)14(17)7-9-16-13(15(18)19)8-10-20-2/h3-6,13-14,16-17H,7-10H2,1-2H3,(H,18,19)/t13-,14+/m0/s1. The molecule has 5 heteroatoms. The second-order valence-corrected chi connectivity index (χ2v) is 5.83. The maximum atomic E-state index is 11.1. The van der Waals surface area contributed by atoms with Crippen molar-refractivity contribution in [1.82, 2.24) is 5.32 Å². The molecule has 0 fully saturated rings. The molecule has 0 spiro atoms. The van der Waals surface area contributed by atoms with Crippen molar-refractivity contribution in [2.45, 2.75) is 31.9 Å². The molecule has 20 heavy (non-hydrogen) atoms. The molecule has 0 saturated carbocycles. The summed E-state index contributed by atoms with van der Waals surface area (Å²) in [6.07, 6.45) is 2.50. The van der Waals surface area contributed by atoms with Crippen LogP contribution in [0.3, 0.4) is 0 Å². The van der Waals surface area contributed by atoms with Gasteiger partial charge in [0.1, 0.15) is 6.04 Å². The number of aliphatic hydroxyl groups excluding tert-OH is 1. The number of benzene rings is 1. The average Bonchev–Trinajstić information content (AvgIpc) is 2.42. The van der Waals surface area contributed by atoms with Gasteiger partial charge >= 0.3 is 5.97 Å². The summed E-state index contributed by atoms with van der Waals surface area (Å²) >= 11 is 1.63. The predicted octanol–water partition coefficient (Wildman–Crippen LogP) is 2.21. The molecule has 0 unspecified atom stereocenters. The van der Waals surface area contributed by atoms with Gasteiger partial charge in [0.25, 0.3) is 0 Å². The molecular formula is C15H23NO3S. The van der Waals surface area contributed by atoms with E-state index in [0.29, 0.717) is 19.4 Å². The third-order valence-corrected chi connectivity index (χ3v) is 3.82. The molecule has 1 aromatic rings. The Balaban J connectivity index is 2.38. The van der Waals surface area contributed by atoms with Crippen LogP contribution >= 0.6 is 11.8 Å². The molecule has 0 aliphatic heterocycles. The minimum absolute atomic E-state index is 0.486. The van der Waals surface area contributed by atoms with Gasteiger partial charge in [0.05, 0.1) is 6.10 Å². The lowest BCUT2D eigenvalue weighted by Gasteiger charge is -2.16. The first-order valence-corrected chi connectivity index (χ1v) is 8.13. The first kappa shape index (κ1) is 17.0. The molecule has 0 aliphatic carbocycles. The number of carboxylic acid groups (broad SMARTS) is 1. The number of rotatable bonds is 9. The number of hydrogen-bond acceptors (Lipinski definition) is 4. The maximum Gasteiger partial charge on any atom is 0.320 e. The van der Waals surface area contributed by atoms with E-state index in [4.69, 9.17) is 5.11 Å². The Morgan fingerprint density at radius 2 is 1.95 bits per heavy atom. The van der Waals surface area contributed by atoms with Crippen LogP contribution in [0.2, 0.25) is 0 Å². The number of aryl methyl sites for hydroxylation is 1. The highest BCUT2D eigenvalue weighted by atomic mass is 32.2. The smallest absolute Gasteiger partial charge is 0.320 e. The van der Waals surface area contributed by atoms with Crippen molar-refractivity contribution < 1.29 is 15.0 Å². The van der Waals surface area contributed by atoms with Gasteiger partial charge in [0.15, 0.2) is 0 Å². The Bertz CT molecular complexity index is 408. The van der Waals surface area contributed by atoms with Gasteiger partial charge in [-0.2, -0.15) is 11.8 Å². The lowest BCUT2D eigenvalue weighted by molar-refractivity contribution is -0.139. The van der Waals surface area contributed by atoms with Gasteiger partial charge in [-0.3, -0.25) is 4.79 Å². The van der Waals surface area contributed by atoms with Crippen LogP contribution in [0.1, 0.15) is 30.1 Å². The van der Waals surface area contributed by atoms with E-state index < -0.39 is 18.1 Å². The first-order chi connectivity index (χ1) is 9.54. The van der Waals surface area contributed by atoms with Crippen LogP contribution in [-0.4, -0.2) is 40.8 Å². The Morgan fingerprint density at radius 1 is 1.30 bits per heavy atom. The Labute approximate surface area is 124 Å². The monoisotopic (exact) mass is 297 g/mol. The molecular weight excluding hydrogens is 274 g/mol. The third kappa shape index (κ3) is 5.94. The van der Waals surface area contributed by atoms with Crippen LogP contribution in [0.15, 0.2) is 24.3 Å². The molecule has 0 amide bonds. The van der Waals surface area contributed by atoms with Crippen molar-refractivity contribution in [3.05, 3.63) is 35.4 Å².